The average Bonchev–Trinajstić information content (AvgIpc) is 3.29. The summed E-state index contributed by atoms with van der Waals surface area (Å²) < 4.78 is 37.2. The average molecular weight is 537 g/mol. The van der Waals surface area contributed by atoms with Gasteiger partial charge >= 0.3 is 0 Å². The number of benzene rings is 2. The van der Waals surface area contributed by atoms with Gasteiger partial charge in [-0.2, -0.15) is 10.4 Å². The maximum atomic E-state index is 13.2. The molecule has 10 nitrogen and oxygen atoms in total. The van der Waals surface area contributed by atoms with Gasteiger partial charge in [-0.15, -0.1) is 0 Å². The zero-order valence-electron chi connectivity index (χ0n) is 21.4. The number of morpholine rings is 1. The lowest BCUT2D eigenvalue weighted by Crippen LogP contribution is -2.49. The van der Waals surface area contributed by atoms with Crippen LogP contribution in [0, 0.1) is 11.3 Å². The first-order chi connectivity index (χ1) is 18.7. The van der Waals surface area contributed by atoms with E-state index in [1.165, 1.54) is 16.8 Å². The summed E-state index contributed by atoms with van der Waals surface area (Å²) in [5.74, 6) is 0.271. The Bertz CT molecular complexity index is 1630. The van der Waals surface area contributed by atoms with E-state index in [1.54, 1.807) is 29.2 Å². The molecule has 1 fully saturated rings. The van der Waals surface area contributed by atoms with Gasteiger partial charge in [0.15, 0.2) is 0 Å². The number of aromatic nitrogens is 4. The Kier molecular flexibility index (Phi) is 7.26. The number of carbonyl (C=O) groups is 1. The fourth-order valence-corrected chi connectivity index (χ4v) is 4.85. The number of carbonyl (C=O) groups excluding carboxylic acids is 1. The molecule has 3 heterocycles. The van der Waals surface area contributed by atoms with Crippen LogP contribution in [-0.4, -0.2) is 68.9 Å². The smallest absolute Gasteiger partial charge is 0.275 e. The van der Waals surface area contributed by atoms with E-state index in [0.717, 1.165) is 0 Å². The summed E-state index contributed by atoms with van der Waals surface area (Å²) in [6, 6.07) is 11.9. The van der Waals surface area contributed by atoms with Crippen molar-refractivity contribution in [2.24, 2.45) is 0 Å². The highest BCUT2D eigenvalue weighted by atomic mass is 19.3. The third-order valence-electron chi connectivity index (χ3n) is 6.45. The van der Waals surface area contributed by atoms with Crippen LogP contribution >= 0.6 is 0 Å². The standard InChI is InChI=1S/C27H26F2N6O4/c1-15-11-34(12-16(2)39-15)26(36)13-35-27(37)19-6-4-3-5-18(19)20(33-35)9-25-31-21-7-17(10-30)23(8-22(21)32-25)38-14-24(28)29/h3-8,15-16,24H,9,11-14H2,1-2H3,(H,31,32)/t15-,16?/m0/s1. The molecule has 1 aliphatic heterocycles. The third kappa shape index (κ3) is 5.58. The van der Waals surface area contributed by atoms with Gasteiger partial charge in [-0.1, -0.05) is 18.2 Å². The molecule has 0 saturated carbocycles. The summed E-state index contributed by atoms with van der Waals surface area (Å²) in [4.78, 5) is 35.7. The minimum atomic E-state index is -2.68. The number of H-pyrrole nitrogens is 1. The van der Waals surface area contributed by atoms with E-state index >= 15 is 0 Å². The molecule has 0 radical (unpaired) electrons. The minimum absolute atomic E-state index is 0.0192. The van der Waals surface area contributed by atoms with Gasteiger partial charge in [-0.05, 0) is 26.0 Å². The Morgan fingerprint density at radius 1 is 1.23 bits per heavy atom. The second kappa shape index (κ2) is 10.8. The lowest BCUT2D eigenvalue weighted by molar-refractivity contribution is -0.144. The Morgan fingerprint density at radius 2 is 1.95 bits per heavy atom. The highest BCUT2D eigenvalue weighted by Crippen LogP contribution is 2.26. The number of aromatic amines is 1. The first-order valence-corrected chi connectivity index (χ1v) is 12.5. The maximum absolute atomic E-state index is 13.2. The predicted octanol–water partition coefficient (Wildman–Crippen LogP) is 3.01. The summed E-state index contributed by atoms with van der Waals surface area (Å²) in [6.07, 6.45) is -2.71. The van der Waals surface area contributed by atoms with Crippen LogP contribution < -0.4 is 10.3 Å². The number of imidazole rings is 1. The summed E-state index contributed by atoms with van der Waals surface area (Å²) >= 11 is 0. The van der Waals surface area contributed by atoms with Crippen molar-refractivity contribution in [3.63, 3.8) is 0 Å². The number of hydrogen-bond acceptors (Lipinski definition) is 7. The summed E-state index contributed by atoms with van der Waals surface area (Å²) in [6.45, 7) is 3.61. The highest BCUT2D eigenvalue weighted by Gasteiger charge is 2.27. The summed E-state index contributed by atoms with van der Waals surface area (Å²) in [5, 5.41) is 15.0. The van der Waals surface area contributed by atoms with E-state index in [1.807, 2.05) is 19.9 Å². The van der Waals surface area contributed by atoms with Gasteiger partial charge in [0, 0.05) is 24.5 Å². The molecule has 0 bridgehead atoms. The van der Waals surface area contributed by atoms with Crippen LogP contribution in [0.5, 0.6) is 5.75 Å². The molecule has 202 valence electrons. The number of fused-ring (bicyclic) bond motifs is 2. The van der Waals surface area contributed by atoms with Crippen LogP contribution in [0.4, 0.5) is 8.78 Å². The Labute approximate surface area is 221 Å². The van der Waals surface area contributed by atoms with Crippen molar-refractivity contribution in [2.75, 3.05) is 19.7 Å². The highest BCUT2D eigenvalue weighted by molar-refractivity contribution is 5.85. The molecule has 1 N–H and O–H groups in total. The fraction of sp³-hybridized carbons (Fsp3) is 0.370. The molecule has 1 aliphatic rings. The minimum Gasteiger partial charge on any atom is -0.486 e. The van der Waals surface area contributed by atoms with Crippen molar-refractivity contribution in [2.45, 2.75) is 45.4 Å². The number of alkyl halides is 2. The fourth-order valence-electron chi connectivity index (χ4n) is 4.85. The van der Waals surface area contributed by atoms with Crippen LogP contribution in [0.2, 0.25) is 0 Å². The monoisotopic (exact) mass is 536 g/mol. The third-order valence-corrected chi connectivity index (χ3v) is 6.45. The van der Waals surface area contributed by atoms with Gasteiger partial charge in [-0.25, -0.2) is 18.4 Å². The second-order valence-corrected chi connectivity index (χ2v) is 9.55. The van der Waals surface area contributed by atoms with E-state index < -0.39 is 13.0 Å². The van der Waals surface area contributed by atoms with E-state index in [2.05, 4.69) is 15.1 Å². The lowest BCUT2D eigenvalue weighted by Gasteiger charge is -2.35. The van der Waals surface area contributed by atoms with E-state index in [-0.39, 0.29) is 48.0 Å². The van der Waals surface area contributed by atoms with Crippen LogP contribution in [0.15, 0.2) is 41.2 Å². The van der Waals surface area contributed by atoms with Gasteiger partial charge in [0.05, 0.1) is 46.3 Å². The summed E-state index contributed by atoms with van der Waals surface area (Å²) in [7, 11) is 0. The SMILES string of the molecule is CC1CN(C(=O)Cn2nc(Cc3nc4cc(OCC(F)F)c(C#N)cc4[nH]3)c3ccccc3c2=O)C[C@H](C)O1. The molecule has 0 aliphatic carbocycles. The van der Waals surface area contributed by atoms with Gasteiger partial charge in [0.2, 0.25) is 5.91 Å². The van der Waals surface area contributed by atoms with Crippen molar-refractivity contribution in [3.05, 3.63) is 63.8 Å². The maximum Gasteiger partial charge on any atom is 0.275 e. The molecule has 2 atom stereocenters. The Morgan fingerprint density at radius 3 is 2.64 bits per heavy atom. The number of amides is 1. The number of ether oxygens (including phenoxy) is 2. The molecule has 4 aromatic rings. The zero-order chi connectivity index (χ0) is 27.7. The van der Waals surface area contributed by atoms with Gasteiger partial charge in [0.1, 0.15) is 30.8 Å². The Balaban J connectivity index is 1.47. The zero-order valence-corrected chi connectivity index (χ0v) is 21.4. The van der Waals surface area contributed by atoms with Crippen molar-refractivity contribution >= 4 is 27.7 Å². The van der Waals surface area contributed by atoms with Crippen LogP contribution in [0.1, 0.15) is 30.9 Å². The molecule has 0 spiro atoms. The Hall–Kier alpha value is -4.37. The second-order valence-electron chi connectivity index (χ2n) is 9.55. The molecule has 5 rings (SSSR count). The molecule has 1 saturated heterocycles. The number of rotatable bonds is 7. The first-order valence-electron chi connectivity index (χ1n) is 12.5. The predicted molar refractivity (Wildman–Crippen MR) is 138 cm³/mol. The normalized spacial score (nSPS) is 17.6. The quantitative estimate of drug-likeness (QED) is 0.385. The molecule has 12 heteroatoms. The topological polar surface area (TPSA) is 126 Å². The van der Waals surface area contributed by atoms with E-state index in [0.29, 0.717) is 46.4 Å². The van der Waals surface area contributed by atoms with Crippen LogP contribution in [0.3, 0.4) is 0 Å². The number of nitrogens with zero attached hydrogens (tertiary/aromatic N) is 5. The van der Waals surface area contributed by atoms with E-state index in [9.17, 15) is 23.6 Å². The van der Waals surface area contributed by atoms with Gasteiger partial charge < -0.3 is 19.4 Å². The molecule has 2 aromatic heterocycles. The lowest BCUT2D eigenvalue weighted by atomic mass is 10.1. The molecular formula is C27H26F2N6O4. The number of hydrogen-bond donors (Lipinski definition) is 1. The molecule has 39 heavy (non-hydrogen) atoms. The van der Waals surface area contributed by atoms with Gasteiger partial charge in [0.25, 0.3) is 12.0 Å². The molecular weight excluding hydrogens is 510 g/mol. The van der Waals surface area contributed by atoms with Crippen LogP contribution in [-0.2, 0) is 22.5 Å². The molecule has 1 unspecified atom stereocenters. The van der Waals surface area contributed by atoms with Crippen LogP contribution in [0.25, 0.3) is 21.8 Å². The van der Waals surface area contributed by atoms with Crippen molar-refractivity contribution < 1.29 is 23.0 Å². The van der Waals surface area contributed by atoms with Crippen molar-refractivity contribution in [3.8, 4) is 11.8 Å². The van der Waals surface area contributed by atoms with Crippen molar-refractivity contribution in [1.82, 2.24) is 24.6 Å². The van der Waals surface area contributed by atoms with Gasteiger partial charge in [-0.3, -0.25) is 9.59 Å². The molecule has 1 amide bonds. The first kappa shape index (κ1) is 26.2. The molecule has 2 aromatic carbocycles. The number of nitriles is 1. The summed E-state index contributed by atoms with van der Waals surface area (Å²) in [5.41, 5.74) is 1.20. The van der Waals surface area contributed by atoms with Crippen molar-refractivity contribution in [1.29, 1.82) is 5.26 Å². The number of halogens is 2. The van der Waals surface area contributed by atoms with E-state index in [4.69, 9.17) is 9.47 Å². The largest absolute Gasteiger partial charge is 0.486 e. The number of nitrogens with one attached hydrogen (secondary N) is 1.